The smallest absolute Gasteiger partial charge is 0.0576 e. The molecule has 0 amide bonds. The van der Waals surface area contributed by atoms with E-state index in [-0.39, 0.29) is 17.4 Å². The van der Waals surface area contributed by atoms with Crippen molar-refractivity contribution in [1.82, 2.24) is 0 Å². The summed E-state index contributed by atoms with van der Waals surface area (Å²) in [4.78, 5) is 1.16. The Labute approximate surface area is 102 Å². The summed E-state index contributed by atoms with van der Waals surface area (Å²) in [5.41, 5.74) is 7.36. The number of rotatable bonds is 4. The maximum Gasteiger partial charge on any atom is 0.0576 e. The molecule has 0 radical (unpaired) electrons. The van der Waals surface area contributed by atoms with Crippen LogP contribution in [0.5, 0.6) is 0 Å². The van der Waals surface area contributed by atoms with Crippen molar-refractivity contribution in [3.63, 3.8) is 0 Å². The van der Waals surface area contributed by atoms with Gasteiger partial charge in [-0.25, -0.2) is 0 Å². The highest BCUT2D eigenvalue weighted by Gasteiger charge is 2.13. The molecule has 0 heterocycles. The molecule has 0 aromatic heterocycles. The van der Waals surface area contributed by atoms with Gasteiger partial charge in [0.1, 0.15) is 0 Å². The Kier molecular flexibility index (Phi) is 4.84. The molecule has 0 saturated heterocycles. The van der Waals surface area contributed by atoms with Gasteiger partial charge in [0.25, 0.3) is 0 Å². The summed E-state index contributed by atoms with van der Waals surface area (Å²) in [6.45, 7) is 6.75. The fourth-order valence-corrected chi connectivity index (χ4v) is 2.26. The van der Waals surface area contributed by atoms with E-state index in [4.69, 9.17) is 10.8 Å². The summed E-state index contributed by atoms with van der Waals surface area (Å²) in [6.07, 6.45) is 0.631. The molecule has 1 aromatic rings. The van der Waals surface area contributed by atoms with Crippen LogP contribution in [0.15, 0.2) is 29.2 Å². The largest absolute Gasteiger partial charge is 0.396 e. The predicted molar refractivity (Wildman–Crippen MR) is 70.7 cm³/mol. The quantitative estimate of drug-likeness (QED) is 0.627. The lowest BCUT2D eigenvalue weighted by Crippen LogP contribution is -2.16. The number of nitrogens with two attached hydrogens (primary N) is 1. The molecule has 0 fully saturated rings. The van der Waals surface area contributed by atoms with E-state index < -0.39 is 0 Å². The molecule has 0 aliphatic heterocycles. The Hall–Kier alpha value is -0.510. The minimum Gasteiger partial charge on any atom is -0.396 e. The molecular formula is C13H21NOS. The van der Waals surface area contributed by atoms with E-state index in [1.807, 2.05) is 0 Å². The molecule has 0 aliphatic rings. The van der Waals surface area contributed by atoms with Crippen LogP contribution >= 0.6 is 11.8 Å². The molecule has 1 atom stereocenters. The van der Waals surface area contributed by atoms with Crippen molar-refractivity contribution in [2.75, 3.05) is 6.61 Å². The molecule has 0 aliphatic carbocycles. The first-order valence-corrected chi connectivity index (χ1v) is 6.45. The van der Waals surface area contributed by atoms with Crippen molar-refractivity contribution in [2.24, 2.45) is 5.73 Å². The minimum atomic E-state index is -0.0227. The zero-order valence-corrected chi connectivity index (χ0v) is 11.1. The number of hydrogen-bond acceptors (Lipinski definition) is 3. The van der Waals surface area contributed by atoms with Crippen LogP contribution in [0, 0.1) is 0 Å². The lowest BCUT2D eigenvalue weighted by atomic mass is 9.87. The summed E-state index contributed by atoms with van der Waals surface area (Å²) < 4.78 is 0. The van der Waals surface area contributed by atoms with Crippen molar-refractivity contribution < 1.29 is 5.11 Å². The molecule has 3 heteroatoms. The van der Waals surface area contributed by atoms with Crippen LogP contribution in [0.3, 0.4) is 0 Å². The second-order valence-corrected chi connectivity index (χ2v) is 6.26. The van der Waals surface area contributed by atoms with E-state index in [0.717, 1.165) is 4.90 Å². The van der Waals surface area contributed by atoms with Gasteiger partial charge in [0.15, 0.2) is 0 Å². The third-order valence-corrected chi connectivity index (χ3v) is 3.50. The molecule has 1 unspecified atom stereocenters. The molecule has 2 nitrogen and oxygen atoms in total. The summed E-state index contributed by atoms with van der Waals surface area (Å²) in [5.74, 6) is 0. The molecule has 1 rings (SSSR count). The second-order valence-electron chi connectivity index (χ2n) is 4.94. The monoisotopic (exact) mass is 239 g/mol. The first-order chi connectivity index (χ1) is 7.43. The minimum absolute atomic E-state index is 0.0227. The van der Waals surface area contributed by atoms with E-state index in [0.29, 0.717) is 6.42 Å². The van der Waals surface area contributed by atoms with Crippen LogP contribution in [0.25, 0.3) is 0 Å². The number of thioether (sulfide) groups is 1. The van der Waals surface area contributed by atoms with Crippen LogP contribution in [0.4, 0.5) is 0 Å². The van der Waals surface area contributed by atoms with Crippen molar-refractivity contribution in [3.05, 3.63) is 29.8 Å². The number of hydrogen-bond donors (Lipinski definition) is 2. The van der Waals surface area contributed by atoms with Gasteiger partial charge < -0.3 is 10.8 Å². The highest BCUT2D eigenvalue weighted by atomic mass is 32.2. The Morgan fingerprint density at radius 3 is 2.25 bits per heavy atom. The zero-order chi connectivity index (χ0) is 12.2. The van der Waals surface area contributed by atoms with Gasteiger partial charge in [-0.05, 0) is 29.5 Å². The van der Waals surface area contributed by atoms with Crippen molar-refractivity contribution in [3.8, 4) is 0 Å². The molecule has 90 valence electrons. The molecular weight excluding hydrogens is 218 g/mol. The summed E-state index contributed by atoms with van der Waals surface area (Å²) in [6, 6.07) is 8.49. The molecule has 0 spiro atoms. The van der Waals surface area contributed by atoms with Crippen molar-refractivity contribution in [2.45, 2.75) is 42.9 Å². The Morgan fingerprint density at radius 1 is 1.25 bits per heavy atom. The predicted octanol–water partition coefficient (Wildman–Crippen LogP) is 2.74. The van der Waals surface area contributed by atoms with Crippen LogP contribution < -0.4 is 5.73 Å². The van der Waals surface area contributed by atoms with Gasteiger partial charge in [0.2, 0.25) is 0 Å². The molecule has 16 heavy (non-hydrogen) atoms. The first-order valence-electron chi connectivity index (χ1n) is 5.57. The van der Waals surface area contributed by atoms with Crippen molar-refractivity contribution in [1.29, 1.82) is 0 Å². The van der Waals surface area contributed by atoms with E-state index in [9.17, 15) is 0 Å². The van der Waals surface area contributed by atoms with Gasteiger partial charge in [-0.2, -0.15) is 0 Å². The van der Waals surface area contributed by atoms with Crippen LogP contribution in [0.1, 0.15) is 32.8 Å². The molecule has 0 saturated carbocycles. The van der Waals surface area contributed by atoms with Gasteiger partial charge in [0.05, 0.1) is 5.37 Å². The Bertz CT molecular complexity index is 316. The lowest BCUT2D eigenvalue weighted by molar-refractivity contribution is 0.287. The van der Waals surface area contributed by atoms with Gasteiger partial charge in [-0.1, -0.05) is 32.9 Å². The number of benzene rings is 1. The van der Waals surface area contributed by atoms with Gasteiger partial charge >= 0.3 is 0 Å². The van der Waals surface area contributed by atoms with E-state index in [2.05, 4.69) is 45.0 Å². The summed E-state index contributed by atoms with van der Waals surface area (Å²) in [7, 11) is 0. The highest BCUT2D eigenvalue weighted by molar-refractivity contribution is 7.99. The Balaban J connectivity index is 2.65. The fourth-order valence-electron chi connectivity index (χ4n) is 1.39. The third kappa shape index (κ3) is 4.16. The standard InChI is InChI=1S/C13H21NOS/c1-13(2,3)10-4-6-11(7-5-10)16-12(14)8-9-15/h4-7,12,15H,8-9,14H2,1-3H3. The summed E-state index contributed by atoms with van der Waals surface area (Å²) >= 11 is 1.61. The van der Waals surface area contributed by atoms with Crippen molar-refractivity contribution >= 4 is 11.8 Å². The number of aliphatic hydroxyl groups is 1. The third-order valence-electron chi connectivity index (χ3n) is 2.42. The lowest BCUT2D eigenvalue weighted by Gasteiger charge is -2.19. The summed E-state index contributed by atoms with van der Waals surface area (Å²) in [5, 5.41) is 8.75. The van der Waals surface area contributed by atoms with Crippen LogP contribution in [-0.2, 0) is 5.41 Å². The maximum atomic E-state index is 8.77. The second kappa shape index (κ2) is 5.71. The average molecular weight is 239 g/mol. The van der Waals surface area contributed by atoms with Gasteiger partial charge in [-0.3, -0.25) is 0 Å². The fraction of sp³-hybridized carbons (Fsp3) is 0.538. The normalized spacial score (nSPS) is 13.8. The van der Waals surface area contributed by atoms with Crippen LogP contribution in [-0.4, -0.2) is 17.1 Å². The first kappa shape index (κ1) is 13.6. The van der Waals surface area contributed by atoms with E-state index >= 15 is 0 Å². The van der Waals surface area contributed by atoms with E-state index in [1.54, 1.807) is 11.8 Å². The SMILES string of the molecule is CC(C)(C)c1ccc(SC(N)CCO)cc1. The van der Waals surface area contributed by atoms with Crippen LogP contribution in [0.2, 0.25) is 0 Å². The molecule has 3 N–H and O–H groups in total. The topological polar surface area (TPSA) is 46.2 Å². The van der Waals surface area contributed by atoms with E-state index in [1.165, 1.54) is 5.56 Å². The number of aliphatic hydroxyl groups excluding tert-OH is 1. The average Bonchev–Trinajstić information content (AvgIpc) is 2.17. The highest BCUT2D eigenvalue weighted by Crippen LogP contribution is 2.27. The van der Waals surface area contributed by atoms with Gasteiger partial charge in [-0.15, -0.1) is 11.8 Å². The Morgan fingerprint density at radius 2 is 1.81 bits per heavy atom. The maximum absolute atomic E-state index is 8.77. The van der Waals surface area contributed by atoms with Gasteiger partial charge in [0, 0.05) is 11.5 Å². The zero-order valence-electron chi connectivity index (χ0n) is 10.2. The molecule has 0 bridgehead atoms. The molecule has 1 aromatic carbocycles.